The Balaban J connectivity index is 1.59. The summed E-state index contributed by atoms with van der Waals surface area (Å²) < 4.78 is 1.79. The van der Waals surface area contributed by atoms with Crippen LogP contribution in [0.4, 0.5) is 0 Å². The average Bonchev–Trinajstić information content (AvgIpc) is 3.43. The molecule has 0 aliphatic rings. The second-order valence-corrected chi connectivity index (χ2v) is 12.1. The number of aromatic nitrogens is 2. The number of hydrogen-bond acceptors (Lipinski definition) is 3. The molecular formula is C41H29N3O. The lowest BCUT2D eigenvalue weighted by atomic mass is 9.89. The standard InChI is InChI=1S/C41H29N3O/c1-23-10-8-11-24(2)35(23)29-20-33(36-25(3)12-9-13-26(36)4)39-34(21-29)44-40(43-39)31-17-16-28(22-42)37-30(27-14-6-5-7-15-27)18-19-32(38(31)37)41(44)45/h5-21H,1-4H3. The Morgan fingerprint density at radius 1 is 0.622 bits per heavy atom. The number of nitriles is 1. The Bertz CT molecular complexity index is 2570. The molecule has 0 spiro atoms. The van der Waals surface area contributed by atoms with Crippen LogP contribution in [0.1, 0.15) is 27.8 Å². The first-order chi connectivity index (χ1) is 21.9. The molecule has 0 aliphatic carbocycles. The van der Waals surface area contributed by atoms with Crippen LogP contribution < -0.4 is 5.56 Å². The molecule has 2 heterocycles. The number of benzene rings is 6. The summed E-state index contributed by atoms with van der Waals surface area (Å²) in [5.74, 6) is 0. The second kappa shape index (κ2) is 9.87. The zero-order valence-electron chi connectivity index (χ0n) is 25.6. The van der Waals surface area contributed by atoms with Crippen molar-refractivity contribution >= 4 is 38.2 Å². The molecule has 0 N–H and O–H groups in total. The van der Waals surface area contributed by atoms with Gasteiger partial charge >= 0.3 is 0 Å². The van der Waals surface area contributed by atoms with Gasteiger partial charge in [0.25, 0.3) is 5.56 Å². The fraction of sp³-hybridized carbons (Fsp3) is 0.0976. The molecule has 4 nitrogen and oxygen atoms in total. The fourth-order valence-electron chi connectivity index (χ4n) is 7.34. The van der Waals surface area contributed by atoms with Gasteiger partial charge in [-0.2, -0.15) is 5.26 Å². The normalized spacial score (nSPS) is 11.6. The van der Waals surface area contributed by atoms with Crippen molar-refractivity contribution in [1.82, 2.24) is 9.38 Å². The van der Waals surface area contributed by atoms with E-state index in [0.29, 0.717) is 16.6 Å². The Hall–Kier alpha value is -5.79. The van der Waals surface area contributed by atoms with Crippen LogP contribution in [0.2, 0.25) is 0 Å². The third kappa shape index (κ3) is 3.84. The van der Waals surface area contributed by atoms with Crippen LogP contribution in [0, 0.1) is 39.0 Å². The molecule has 0 unspecified atom stereocenters. The smallest absolute Gasteiger partial charge is 0.264 e. The first-order valence-electron chi connectivity index (χ1n) is 15.2. The summed E-state index contributed by atoms with van der Waals surface area (Å²) in [5, 5.41) is 13.2. The minimum atomic E-state index is -0.134. The van der Waals surface area contributed by atoms with Gasteiger partial charge in [0.1, 0.15) is 5.65 Å². The highest BCUT2D eigenvalue weighted by molar-refractivity contribution is 6.21. The van der Waals surface area contributed by atoms with E-state index < -0.39 is 0 Å². The van der Waals surface area contributed by atoms with Crippen LogP contribution >= 0.6 is 0 Å². The van der Waals surface area contributed by atoms with Crippen molar-refractivity contribution in [3.8, 4) is 39.4 Å². The number of pyridine rings is 1. The van der Waals surface area contributed by atoms with E-state index in [0.717, 1.165) is 66.1 Å². The molecule has 8 aromatic rings. The molecule has 0 radical (unpaired) electrons. The van der Waals surface area contributed by atoms with Gasteiger partial charge < -0.3 is 0 Å². The number of aryl methyl sites for hydroxylation is 4. The number of hydrogen-bond donors (Lipinski definition) is 0. The SMILES string of the molecule is Cc1cccc(C)c1-c1cc(-c2c(C)cccc2C)c2nc3c4ccc(C#N)c5c(-c6ccccc6)ccc(c(=O)n3c2c1)c54. The molecule has 0 fully saturated rings. The summed E-state index contributed by atoms with van der Waals surface area (Å²) in [4.78, 5) is 19.9. The van der Waals surface area contributed by atoms with E-state index in [4.69, 9.17) is 4.98 Å². The lowest BCUT2D eigenvalue weighted by Crippen LogP contribution is -2.13. The zero-order valence-corrected chi connectivity index (χ0v) is 25.6. The first kappa shape index (κ1) is 26.8. The maximum atomic E-state index is 14.6. The van der Waals surface area contributed by atoms with E-state index in [1.807, 2.05) is 54.6 Å². The molecule has 0 saturated carbocycles. The number of nitrogens with zero attached hydrogens (tertiary/aromatic N) is 3. The molecule has 6 aromatic carbocycles. The van der Waals surface area contributed by atoms with E-state index in [2.05, 4.69) is 82.3 Å². The van der Waals surface area contributed by atoms with E-state index in [-0.39, 0.29) is 5.56 Å². The molecule has 0 saturated heterocycles. The van der Waals surface area contributed by atoms with Crippen molar-refractivity contribution in [3.05, 3.63) is 141 Å². The summed E-state index contributed by atoms with van der Waals surface area (Å²) in [6.07, 6.45) is 0. The van der Waals surface area contributed by atoms with E-state index in [1.165, 1.54) is 16.7 Å². The molecule has 8 rings (SSSR count). The monoisotopic (exact) mass is 579 g/mol. The third-order valence-electron chi connectivity index (χ3n) is 9.32. The summed E-state index contributed by atoms with van der Waals surface area (Å²) in [7, 11) is 0. The second-order valence-electron chi connectivity index (χ2n) is 12.1. The van der Waals surface area contributed by atoms with Crippen LogP contribution in [-0.2, 0) is 0 Å². The Kier molecular flexibility index (Phi) is 5.88. The molecule has 0 bridgehead atoms. The van der Waals surface area contributed by atoms with Crippen LogP contribution in [0.3, 0.4) is 0 Å². The summed E-state index contributed by atoms with van der Waals surface area (Å²) in [5.41, 5.74) is 13.5. The topological polar surface area (TPSA) is 58.2 Å². The maximum absolute atomic E-state index is 14.6. The molecule has 4 heteroatoms. The van der Waals surface area contributed by atoms with Gasteiger partial charge in [0, 0.05) is 27.1 Å². The minimum absolute atomic E-state index is 0.134. The predicted molar refractivity (Wildman–Crippen MR) is 185 cm³/mol. The van der Waals surface area contributed by atoms with Gasteiger partial charge in [-0.1, -0.05) is 72.8 Å². The van der Waals surface area contributed by atoms with Crippen LogP contribution in [-0.4, -0.2) is 9.38 Å². The highest BCUT2D eigenvalue weighted by Gasteiger charge is 2.23. The molecule has 0 atom stereocenters. The van der Waals surface area contributed by atoms with Crippen molar-refractivity contribution in [3.63, 3.8) is 0 Å². The van der Waals surface area contributed by atoms with Gasteiger partial charge in [0.2, 0.25) is 0 Å². The van der Waals surface area contributed by atoms with Crippen molar-refractivity contribution in [2.45, 2.75) is 27.7 Å². The molecule has 0 amide bonds. The predicted octanol–water partition coefficient (Wildman–Crippen LogP) is 9.70. The van der Waals surface area contributed by atoms with Gasteiger partial charge in [-0.15, -0.1) is 0 Å². The average molecular weight is 580 g/mol. The van der Waals surface area contributed by atoms with Gasteiger partial charge in [-0.3, -0.25) is 9.20 Å². The Morgan fingerprint density at radius 3 is 1.93 bits per heavy atom. The molecule has 45 heavy (non-hydrogen) atoms. The summed E-state index contributed by atoms with van der Waals surface area (Å²) >= 11 is 0. The lowest BCUT2D eigenvalue weighted by Gasteiger charge is -2.15. The van der Waals surface area contributed by atoms with Crippen molar-refractivity contribution < 1.29 is 0 Å². The molecular weight excluding hydrogens is 550 g/mol. The van der Waals surface area contributed by atoms with Crippen molar-refractivity contribution in [2.75, 3.05) is 0 Å². The number of rotatable bonds is 3. The Labute approximate surface area is 260 Å². The number of fused-ring (bicyclic) bond motifs is 4. The molecule has 0 aliphatic heterocycles. The van der Waals surface area contributed by atoms with E-state index in [9.17, 15) is 10.1 Å². The molecule has 2 aromatic heterocycles. The highest BCUT2D eigenvalue weighted by atomic mass is 16.1. The van der Waals surface area contributed by atoms with Gasteiger partial charge in [-0.05, 0) is 108 Å². The minimum Gasteiger partial charge on any atom is -0.268 e. The number of imidazole rings is 1. The highest BCUT2D eigenvalue weighted by Crippen LogP contribution is 2.42. The maximum Gasteiger partial charge on any atom is 0.264 e. The largest absolute Gasteiger partial charge is 0.268 e. The van der Waals surface area contributed by atoms with E-state index in [1.54, 1.807) is 4.40 Å². The van der Waals surface area contributed by atoms with E-state index >= 15 is 0 Å². The van der Waals surface area contributed by atoms with Crippen LogP contribution in [0.15, 0.2) is 108 Å². The van der Waals surface area contributed by atoms with Crippen LogP contribution in [0.5, 0.6) is 0 Å². The van der Waals surface area contributed by atoms with Crippen molar-refractivity contribution in [1.29, 1.82) is 5.26 Å². The van der Waals surface area contributed by atoms with Gasteiger partial charge in [0.15, 0.2) is 0 Å². The Morgan fingerprint density at radius 2 is 1.27 bits per heavy atom. The van der Waals surface area contributed by atoms with Crippen molar-refractivity contribution in [2.24, 2.45) is 0 Å². The van der Waals surface area contributed by atoms with Gasteiger partial charge in [0.05, 0.1) is 22.7 Å². The lowest BCUT2D eigenvalue weighted by molar-refractivity contribution is 1.19. The third-order valence-corrected chi connectivity index (χ3v) is 9.32. The quantitative estimate of drug-likeness (QED) is 0.209. The zero-order chi connectivity index (χ0) is 31.0. The van der Waals surface area contributed by atoms with Crippen LogP contribution in [0.25, 0.3) is 71.6 Å². The van der Waals surface area contributed by atoms with Gasteiger partial charge in [-0.25, -0.2) is 4.98 Å². The fourth-order valence-corrected chi connectivity index (χ4v) is 7.34. The first-order valence-corrected chi connectivity index (χ1v) is 15.2. The summed E-state index contributed by atoms with van der Waals surface area (Å²) in [6.45, 7) is 8.53. The summed E-state index contributed by atoms with van der Waals surface area (Å²) in [6, 6.07) is 37.2. The molecule has 214 valence electrons.